The molecule has 1 atom stereocenters. The summed E-state index contributed by atoms with van der Waals surface area (Å²) >= 11 is 0. The van der Waals surface area contributed by atoms with Crippen LogP contribution in [0, 0.1) is 0 Å². The van der Waals surface area contributed by atoms with Gasteiger partial charge in [0.25, 0.3) is 0 Å². The molecule has 340 valence electrons. The Morgan fingerprint density at radius 2 is 0.806 bits per heavy atom. The second kappa shape index (κ2) is 16.3. The predicted octanol–water partition coefficient (Wildman–Crippen LogP) is 18.8. The van der Waals surface area contributed by atoms with E-state index in [2.05, 4.69) is 291 Å². The van der Waals surface area contributed by atoms with Gasteiger partial charge in [-0.2, -0.15) is 0 Å². The standard InChI is InChI=1S/C70H50N2/c1-69(2)63-41-36-49-22-16-17-31-59(49)67(63)61-40-37-53(44-64(61)69)70(52-25-6-3-7-26-52)62-33-19-18-32-60(62)68-65(70)45-58(71(54-27-8-4-9-28-54)56-38-34-47-20-12-14-23-50(47)42-56)46-66(68)72(55-29-10-5-11-30-55)57-39-35-48-21-13-15-24-51(48)43-57/h3-46H,1-2H3. The summed E-state index contributed by atoms with van der Waals surface area (Å²) in [5.74, 6) is 0. The van der Waals surface area contributed by atoms with Gasteiger partial charge >= 0.3 is 0 Å². The zero-order chi connectivity index (χ0) is 48.0. The van der Waals surface area contributed by atoms with Gasteiger partial charge in [0.15, 0.2) is 0 Å². The molecule has 0 heterocycles. The van der Waals surface area contributed by atoms with Gasteiger partial charge in [0, 0.05) is 39.4 Å². The maximum Gasteiger partial charge on any atom is 0.0715 e. The van der Waals surface area contributed by atoms with Gasteiger partial charge in [0.1, 0.15) is 0 Å². The molecule has 72 heavy (non-hydrogen) atoms. The molecular formula is C70H50N2. The van der Waals surface area contributed by atoms with Crippen molar-refractivity contribution in [2.75, 3.05) is 9.80 Å². The molecule has 12 aromatic rings. The molecule has 12 aromatic carbocycles. The fourth-order valence-electron chi connectivity index (χ4n) is 12.5. The molecule has 0 bridgehead atoms. The van der Waals surface area contributed by atoms with Crippen LogP contribution in [0.25, 0.3) is 54.6 Å². The highest BCUT2D eigenvalue weighted by Crippen LogP contribution is 2.62. The van der Waals surface area contributed by atoms with E-state index in [0.29, 0.717) is 0 Å². The highest BCUT2D eigenvalue weighted by Gasteiger charge is 2.49. The van der Waals surface area contributed by atoms with Gasteiger partial charge in [-0.3, -0.25) is 0 Å². The van der Waals surface area contributed by atoms with Crippen LogP contribution in [0.1, 0.15) is 47.2 Å². The first kappa shape index (κ1) is 41.9. The van der Waals surface area contributed by atoms with Crippen molar-refractivity contribution in [3.63, 3.8) is 0 Å². The molecule has 0 N–H and O–H groups in total. The first-order chi connectivity index (χ1) is 35.5. The van der Waals surface area contributed by atoms with E-state index in [1.807, 2.05) is 0 Å². The molecule has 0 saturated carbocycles. The van der Waals surface area contributed by atoms with E-state index >= 15 is 0 Å². The Hall–Kier alpha value is -8.98. The minimum Gasteiger partial charge on any atom is -0.310 e. The molecule has 0 radical (unpaired) electrons. The van der Waals surface area contributed by atoms with Gasteiger partial charge in [-0.15, -0.1) is 0 Å². The third-order valence-corrected chi connectivity index (χ3v) is 15.8. The monoisotopic (exact) mass is 918 g/mol. The zero-order valence-electron chi connectivity index (χ0n) is 40.3. The summed E-state index contributed by atoms with van der Waals surface area (Å²) in [5, 5.41) is 7.39. The zero-order valence-corrected chi connectivity index (χ0v) is 40.3. The van der Waals surface area contributed by atoms with Gasteiger partial charge in [0.2, 0.25) is 0 Å². The van der Waals surface area contributed by atoms with Crippen LogP contribution in [0.15, 0.2) is 267 Å². The summed E-state index contributed by atoms with van der Waals surface area (Å²) in [6, 6.07) is 99.6. The van der Waals surface area contributed by atoms with Crippen molar-refractivity contribution >= 4 is 66.4 Å². The van der Waals surface area contributed by atoms with Gasteiger partial charge < -0.3 is 9.80 Å². The number of hydrogen-bond acceptors (Lipinski definition) is 2. The van der Waals surface area contributed by atoms with E-state index in [4.69, 9.17) is 0 Å². The molecule has 0 aromatic heterocycles. The van der Waals surface area contributed by atoms with Crippen molar-refractivity contribution in [3.8, 4) is 22.3 Å². The van der Waals surface area contributed by atoms with Crippen LogP contribution in [-0.4, -0.2) is 0 Å². The van der Waals surface area contributed by atoms with Crippen LogP contribution in [0.2, 0.25) is 0 Å². The maximum absolute atomic E-state index is 2.58. The topological polar surface area (TPSA) is 6.48 Å². The van der Waals surface area contributed by atoms with E-state index < -0.39 is 5.41 Å². The SMILES string of the molecule is CC1(C)c2cc(C3(c4ccccc4)c4ccccc4-c4c(N(c5ccccc5)c5ccc6ccccc6c5)cc(N(c5ccccc5)c5ccc6ccccc6c5)cc43)ccc2-c2c1ccc1ccccc21. The first-order valence-corrected chi connectivity index (χ1v) is 25.2. The minimum absolute atomic E-state index is 0.239. The van der Waals surface area contributed by atoms with E-state index in [1.165, 1.54) is 88.0 Å². The third-order valence-electron chi connectivity index (χ3n) is 15.8. The fraction of sp³-hybridized carbons (Fsp3) is 0.0571. The Labute approximate surface area is 421 Å². The summed E-state index contributed by atoms with van der Waals surface area (Å²) < 4.78 is 0. The van der Waals surface area contributed by atoms with Gasteiger partial charge in [-0.1, -0.05) is 220 Å². The number of anilines is 6. The number of nitrogens with zero attached hydrogens (tertiary/aromatic N) is 2. The Morgan fingerprint density at radius 1 is 0.278 bits per heavy atom. The lowest BCUT2D eigenvalue weighted by Gasteiger charge is -2.37. The molecule has 14 rings (SSSR count). The van der Waals surface area contributed by atoms with Crippen molar-refractivity contribution in [2.45, 2.75) is 24.7 Å². The average Bonchev–Trinajstić information content (AvgIpc) is 3.87. The third kappa shape index (κ3) is 6.28. The molecule has 2 aliphatic rings. The second-order valence-corrected chi connectivity index (χ2v) is 20.0. The van der Waals surface area contributed by atoms with E-state index in [-0.39, 0.29) is 5.41 Å². The summed E-state index contributed by atoms with van der Waals surface area (Å²) in [6.07, 6.45) is 0. The van der Waals surface area contributed by atoms with Gasteiger partial charge in [-0.25, -0.2) is 0 Å². The number of para-hydroxylation sites is 2. The van der Waals surface area contributed by atoms with Crippen LogP contribution < -0.4 is 9.80 Å². The Morgan fingerprint density at radius 3 is 1.49 bits per heavy atom. The Balaban J connectivity index is 1.13. The average molecular weight is 919 g/mol. The van der Waals surface area contributed by atoms with E-state index in [0.717, 1.165) is 34.1 Å². The fourth-order valence-corrected chi connectivity index (χ4v) is 12.5. The molecular weight excluding hydrogens is 869 g/mol. The van der Waals surface area contributed by atoms with Gasteiger partial charge in [0.05, 0.1) is 11.1 Å². The van der Waals surface area contributed by atoms with Crippen LogP contribution in [0.3, 0.4) is 0 Å². The molecule has 1 unspecified atom stereocenters. The molecule has 0 saturated heterocycles. The van der Waals surface area contributed by atoms with E-state index in [9.17, 15) is 0 Å². The molecule has 2 aliphatic carbocycles. The summed E-state index contributed by atoms with van der Waals surface area (Å²) in [7, 11) is 0. The summed E-state index contributed by atoms with van der Waals surface area (Å²) in [4.78, 5) is 4.97. The Bertz CT molecular complexity index is 4080. The van der Waals surface area contributed by atoms with Crippen LogP contribution in [0.4, 0.5) is 34.1 Å². The lowest BCUT2D eigenvalue weighted by Crippen LogP contribution is -2.30. The normalized spacial score (nSPS) is 15.0. The molecule has 0 fully saturated rings. The van der Waals surface area contributed by atoms with Gasteiger partial charge in [-0.05, 0) is 143 Å². The summed E-state index contributed by atoms with van der Waals surface area (Å²) in [5.41, 5.74) is 18.4. The van der Waals surface area contributed by atoms with Crippen molar-refractivity contribution in [1.82, 2.24) is 0 Å². The van der Waals surface area contributed by atoms with Crippen LogP contribution in [-0.2, 0) is 10.8 Å². The van der Waals surface area contributed by atoms with Crippen molar-refractivity contribution in [3.05, 3.63) is 300 Å². The van der Waals surface area contributed by atoms with Crippen molar-refractivity contribution in [2.24, 2.45) is 0 Å². The quantitative estimate of drug-likeness (QED) is 0.150. The minimum atomic E-state index is -0.725. The van der Waals surface area contributed by atoms with Crippen molar-refractivity contribution in [1.29, 1.82) is 0 Å². The smallest absolute Gasteiger partial charge is 0.0715 e. The molecule has 2 nitrogen and oxygen atoms in total. The Kier molecular flexibility index (Phi) is 9.50. The number of fused-ring (bicyclic) bond motifs is 10. The highest BCUT2D eigenvalue weighted by atomic mass is 15.2. The number of benzene rings is 12. The summed E-state index contributed by atoms with van der Waals surface area (Å²) in [6.45, 7) is 4.83. The maximum atomic E-state index is 2.58. The predicted molar refractivity (Wildman–Crippen MR) is 303 cm³/mol. The lowest BCUT2D eigenvalue weighted by atomic mass is 9.66. The highest BCUT2D eigenvalue weighted by molar-refractivity contribution is 6.04. The van der Waals surface area contributed by atoms with E-state index in [1.54, 1.807) is 0 Å². The van der Waals surface area contributed by atoms with Crippen LogP contribution in [0.5, 0.6) is 0 Å². The molecule has 0 spiro atoms. The molecule has 2 heteroatoms. The first-order valence-electron chi connectivity index (χ1n) is 25.2. The molecule has 0 amide bonds. The largest absolute Gasteiger partial charge is 0.310 e. The van der Waals surface area contributed by atoms with Crippen LogP contribution >= 0.6 is 0 Å². The number of hydrogen-bond donors (Lipinski definition) is 0. The number of rotatable bonds is 8. The molecule has 0 aliphatic heterocycles. The second-order valence-electron chi connectivity index (χ2n) is 20.0. The van der Waals surface area contributed by atoms with Crippen molar-refractivity contribution < 1.29 is 0 Å². The lowest BCUT2D eigenvalue weighted by molar-refractivity contribution is 0.656.